The van der Waals surface area contributed by atoms with E-state index in [1.165, 1.54) is 0 Å². The topological polar surface area (TPSA) is 50.9 Å². The highest BCUT2D eigenvalue weighted by Gasteiger charge is 2.28. The summed E-state index contributed by atoms with van der Waals surface area (Å²) in [5.74, 6) is 0.178. The number of rotatable bonds is 5. The largest absolute Gasteiger partial charge is 0.378 e. The van der Waals surface area contributed by atoms with Crippen LogP contribution in [0.25, 0.3) is 11.1 Å². The molecule has 3 aromatic rings. The van der Waals surface area contributed by atoms with Crippen molar-refractivity contribution in [1.82, 2.24) is 10.1 Å². The van der Waals surface area contributed by atoms with Crippen LogP contribution < -0.4 is 0 Å². The molecule has 29 heavy (non-hydrogen) atoms. The summed E-state index contributed by atoms with van der Waals surface area (Å²) < 4.78 is 25.5. The lowest BCUT2D eigenvalue weighted by molar-refractivity contribution is 0.0700. The van der Waals surface area contributed by atoms with E-state index in [-0.39, 0.29) is 5.82 Å². The van der Waals surface area contributed by atoms with E-state index in [4.69, 9.17) is 9.26 Å². The molecule has 0 saturated carbocycles. The van der Waals surface area contributed by atoms with E-state index in [0.717, 1.165) is 24.2 Å². The Morgan fingerprint density at radius 2 is 1.83 bits per heavy atom. The highest BCUT2D eigenvalue weighted by atomic mass is 19.1. The summed E-state index contributed by atoms with van der Waals surface area (Å²) in [5, 5.41) is 4.18. The minimum atomic E-state index is -0.522. The Morgan fingerprint density at radius 3 is 2.55 bits per heavy atom. The predicted molar refractivity (Wildman–Crippen MR) is 111 cm³/mol. The maximum Gasteiger partial charge on any atom is 0.252 e. The van der Waals surface area contributed by atoms with Crippen molar-refractivity contribution in [2.75, 3.05) is 26.3 Å². The van der Waals surface area contributed by atoms with Crippen molar-refractivity contribution in [1.29, 1.82) is 0 Å². The standard InChI is InChI=1S/C23H24FN3O2/c1-23(2,18-8-9-19(20(24)14-18)17-6-4-3-5-7-17)21-15-22(29-26-21)25-16-27-10-12-28-13-11-27/h3-9,14-16H,10-13H2,1-2H3. The highest BCUT2D eigenvalue weighted by Crippen LogP contribution is 2.35. The minimum Gasteiger partial charge on any atom is -0.378 e. The van der Waals surface area contributed by atoms with Gasteiger partial charge in [-0.1, -0.05) is 61.5 Å². The molecule has 2 aromatic carbocycles. The molecule has 0 amide bonds. The number of nitrogens with zero attached hydrogens (tertiary/aromatic N) is 3. The second-order valence-electron chi connectivity index (χ2n) is 7.63. The molecule has 1 saturated heterocycles. The van der Waals surface area contributed by atoms with Crippen molar-refractivity contribution in [2.24, 2.45) is 4.99 Å². The lowest BCUT2D eigenvalue weighted by Crippen LogP contribution is -2.34. The van der Waals surface area contributed by atoms with Crippen LogP contribution in [0.1, 0.15) is 25.1 Å². The number of benzene rings is 2. The molecule has 2 heterocycles. The zero-order valence-electron chi connectivity index (χ0n) is 16.6. The second-order valence-corrected chi connectivity index (χ2v) is 7.63. The van der Waals surface area contributed by atoms with Gasteiger partial charge in [0, 0.05) is 30.1 Å². The molecule has 0 radical (unpaired) electrons. The van der Waals surface area contributed by atoms with E-state index in [1.807, 2.05) is 56.3 Å². The Hall–Kier alpha value is -2.99. The first kappa shape index (κ1) is 19.3. The van der Waals surface area contributed by atoms with Crippen LogP contribution in [0, 0.1) is 5.82 Å². The number of aliphatic imine (C=N–C) groups is 1. The summed E-state index contributed by atoms with van der Waals surface area (Å²) in [6.45, 7) is 7.01. The summed E-state index contributed by atoms with van der Waals surface area (Å²) >= 11 is 0. The smallest absolute Gasteiger partial charge is 0.252 e. The van der Waals surface area contributed by atoms with Crippen molar-refractivity contribution in [3.05, 3.63) is 71.7 Å². The molecule has 0 N–H and O–H groups in total. The average Bonchev–Trinajstić information content (AvgIpc) is 3.23. The average molecular weight is 393 g/mol. The molecular weight excluding hydrogens is 369 g/mol. The van der Waals surface area contributed by atoms with Crippen molar-refractivity contribution in [3.8, 4) is 11.1 Å². The lowest BCUT2D eigenvalue weighted by atomic mass is 9.81. The van der Waals surface area contributed by atoms with Gasteiger partial charge in [-0.2, -0.15) is 0 Å². The Morgan fingerprint density at radius 1 is 1.07 bits per heavy atom. The third-order valence-corrected chi connectivity index (χ3v) is 5.31. The van der Waals surface area contributed by atoms with E-state index in [0.29, 0.717) is 30.4 Å². The normalized spacial score (nSPS) is 15.2. The van der Waals surface area contributed by atoms with E-state index in [9.17, 15) is 4.39 Å². The first-order valence-corrected chi connectivity index (χ1v) is 9.73. The fourth-order valence-electron chi connectivity index (χ4n) is 3.36. The van der Waals surface area contributed by atoms with E-state index >= 15 is 0 Å². The molecule has 1 aliphatic heterocycles. The highest BCUT2D eigenvalue weighted by molar-refractivity contribution is 5.65. The van der Waals surface area contributed by atoms with E-state index in [1.54, 1.807) is 18.5 Å². The molecule has 6 heteroatoms. The maximum absolute atomic E-state index is 14.8. The molecule has 1 aromatic heterocycles. The van der Waals surface area contributed by atoms with Crippen LogP contribution >= 0.6 is 0 Å². The number of hydrogen-bond donors (Lipinski definition) is 0. The molecule has 4 rings (SSSR count). The molecule has 150 valence electrons. The van der Waals surface area contributed by atoms with E-state index in [2.05, 4.69) is 15.0 Å². The maximum atomic E-state index is 14.8. The fourth-order valence-corrected chi connectivity index (χ4v) is 3.36. The zero-order valence-corrected chi connectivity index (χ0v) is 16.6. The summed E-state index contributed by atoms with van der Waals surface area (Å²) in [6, 6.07) is 16.7. The van der Waals surface area contributed by atoms with Crippen LogP contribution in [-0.4, -0.2) is 42.7 Å². The molecule has 0 bridgehead atoms. The van der Waals surface area contributed by atoms with Crippen LogP contribution in [0.5, 0.6) is 0 Å². The quantitative estimate of drug-likeness (QED) is 0.462. The van der Waals surface area contributed by atoms with Crippen LogP contribution in [0.2, 0.25) is 0 Å². The Balaban J connectivity index is 1.54. The summed E-state index contributed by atoms with van der Waals surface area (Å²) in [6.07, 6.45) is 1.76. The van der Waals surface area contributed by atoms with Gasteiger partial charge >= 0.3 is 0 Å². The summed E-state index contributed by atoms with van der Waals surface area (Å²) in [4.78, 5) is 6.45. The predicted octanol–water partition coefficient (Wildman–Crippen LogP) is 4.80. The SMILES string of the molecule is CC(C)(c1ccc(-c2ccccc2)c(F)c1)c1cc(N=CN2CCOCC2)on1. The molecule has 5 nitrogen and oxygen atoms in total. The van der Waals surface area contributed by atoms with Crippen LogP contribution in [0.3, 0.4) is 0 Å². The molecule has 1 aliphatic rings. The fraction of sp³-hybridized carbons (Fsp3) is 0.304. The third-order valence-electron chi connectivity index (χ3n) is 5.31. The van der Waals surface area contributed by atoms with Gasteiger partial charge in [0.1, 0.15) is 5.82 Å². The molecule has 0 spiro atoms. The number of halogens is 1. The number of hydrogen-bond acceptors (Lipinski definition) is 4. The van der Waals surface area contributed by atoms with Gasteiger partial charge in [-0.25, -0.2) is 9.38 Å². The van der Waals surface area contributed by atoms with Gasteiger partial charge in [-0.15, -0.1) is 0 Å². The zero-order chi connectivity index (χ0) is 20.3. The molecule has 1 fully saturated rings. The molecular formula is C23H24FN3O2. The number of morpholine rings is 1. The van der Waals surface area contributed by atoms with Gasteiger partial charge < -0.3 is 14.2 Å². The van der Waals surface area contributed by atoms with Gasteiger partial charge in [0.2, 0.25) is 0 Å². The van der Waals surface area contributed by atoms with Gasteiger partial charge in [-0.3, -0.25) is 0 Å². The van der Waals surface area contributed by atoms with Gasteiger partial charge in [0.05, 0.1) is 25.2 Å². The third kappa shape index (κ3) is 4.22. The van der Waals surface area contributed by atoms with Crippen molar-refractivity contribution >= 4 is 12.2 Å². The van der Waals surface area contributed by atoms with Gasteiger partial charge in [0.15, 0.2) is 0 Å². The Kier molecular flexibility index (Phi) is 5.45. The monoisotopic (exact) mass is 393 g/mol. The van der Waals surface area contributed by atoms with Crippen LogP contribution in [0.15, 0.2) is 64.1 Å². The van der Waals surface area contributed by atoms with Gasteiger partial charge in [-0.05, 0) is 17.2 Å². The Labute approximate surface area is 169 Å². The molecule has 0 aliphatic carbocycles. The van der Waals surface area contributed by atoms with Crippen LogP contribution in [0.4, 0.5) is 10.3 Å². The molecule has 0 atom stereocenters. The van der Waals surface area contributed by atoms with Crippen molar-refractivity contribution in [2.45, 2.75) is 19.3 Å². The summed E-state index contributed by atoms with van der Waals surface area (Å²) in [5.41, 5.74) is 2.45. The lowest BCUT2D eigenvalue weighted by Gasteiger charge is -2.23. The first-order valence-electron chi connectivity index (χ1n) is 9.73. The number of aromatic nitrogens is 1. The molecule has 0 unspecified atom stereocenters. The number of ether oxygens (including phenoxy) is 1. The Bertz CT molecular complexity index is 992. The minimum absolute atomic E-state index is 0.254. The van der Waals surface area contributed by atoms with Crippen molar-refractivity contribution in [3.63, 3.8) is 0 Å². The van der Waals surface area contributed by atoms with E-state index < -0.39 is 5.41 Å². The second kappa shape index (κ2) is 8.17. The van der Waals surface area contributed by atoms with Crippen molar-refractivity contribution < 1.29 is 13.7 Å². The van der Waals surface area contributed by atoms with Gasteiger partial charge in [0.25, 0.3) is 5.88 Å². The summed E-state index contributed by atoms with van der Waals surface area (Å²) in [7, 11) is 0. The van der Waals surface area contributed by atoms with Crippen LogP contribution in [-0.2, 0) is 10.2 Å². The first-order chi connectivity index (χ1) is 14.0.